The molecule has 1 amide bonds. The molecule has 1 aliphatic carbocycles. The molecule has 0 aromatic heterocycles. The van der Waals surface area contributed by atoms with Gasteiger partial charge in [0.2, 0.25) is 5.91 Å². The fraction of sp³-hybridized carbons (Fsp3) is 0.462. The highest BCUT2D eigenvalue weighted by atomic mass is 19.2. The van der Waals surface area contributed by atoms with E-state index in [1.165, 1.54) is 0 Å². The number of rotatable bonds is 5. The molecule has 2 rings (SSSR count). The largest absolute Gasteiger partial charge is 0.330 e. The van der Waals surface area contributed by atoms with Gasteiger partial charge in [0.25, 0.3) is 5.69 Å². The molecule has 1 aromatic rings. The van der Waals surface area contributed by atoms with Gasteiger partial charge in [-0.2, -0.15) is 0 Å². The van der Waals surface area contributed by atoms with Crippen LogP contribution in [0.3, 0.4) is 0 Å². The van der Waals surface area contributed by atoms with E-state index in [-0.39, 0.29) is 11.8 Å². The first-order valence-electron chi connectivity index (χ1n) is 6.51. The first-order valence-corrected chi connectivity index (χ1v) is 6.51. The molecular weight excluding hydrogens is 284 g/mol. The lowest BCUT2D eigenvalue weighted by atomic mass is 9.66. The molecule has 1 aromatic carbocycles. The number of carbonyl (C=O) groups is 1. The molecule has 0 saturated heterocycles. The van der Waals surface area contributed by atoms with E-state index >= 15 is 0 Å². The van der Waals surface area contributed by atoms with Crippen LogP contribution in [0.1, 0.15) is 25.7 Å². The summed E-state index contributed by atoms with van der Waals surface area (Å²) >= 11 is 0. The minimum atomic E-state index is -1.44. The maximum atomic E-state index is 13.7. The first kappa shape index (κ1) is 15.3. The zero-order valence-corrected chi connectivity index (χ0v) is 11.2. The maximum Gasteiger partial charge on any atom is 0.296 e. The number of halogens is 2. The number of carbonyl (C=O) groups excluding carboxylic acids is 1. The highest BCUT2D eigenvalue weighted by Gasteiger charge is 2.38. The quantitative estimate of drug-likeness (QED) is 0.644. The Labute approximate surface area is 119 Å². The van der Waals surface area contributed by atoms with Crippen molar-refractivity contribution in [3.8, 4) is 0 Å². The van der Waals surface area contributed by atoms with Gasteiger partial charge in [-0.15, -0.1) is 0 Å². The van der Waals surface area contributed by atoms with Crippen molar-refractivity contribution in [2.45, 2.75) is 25.7 Å². The van der Waals surface area contributed by atoms with E-state index in [1.54, 1.807) is 0 Å². The number of nitrogens with one attached hydrogen (secondary N) is 1. The van der Waals surface area contributed by atoms with Crippen LogP contribution in [0.2, 0.25) is 0 Å². The van der Waals surface area contributed by atoms with Crippen LogP contribution >= 0.6 is 0 Å². The summed E-state index contributed by atoms with van der Waals surface area (Å²) in [6.45, 7) is 0.314. The van der Waals surface area contributed by atoms with Crippen molar-refractivity contribution in [2.24, 2.45) is 11.1 Å². The number of hydrogen-bond donors (Lipinski definition) is 2. The standard InChI is InChI=1S/C13H15F2N3O3/c14-8-2-3-9(18(20)21)12(11(8)15)17-10(19)6-13(7-16)4-1-5-13/h2-3H,1,4-7,16H2,(H,17,19). The highest BCUT2D eigenvalue weighted by Crippen LogP contribution is 2.43. The molecule has 3 N–H and O–H groups in total. The molecule has 0 aliphatic heterocycles. The van der Waals surface area contributed by atoms with Crippen molar-refractivity contribution in [1.82, 2.24) is 0 Å². The summed E-state index contributed by atoms with van der Waals surface area (Å²) < 4.78 is 26.9. The number of hydrogen-bond acceptors (Lipinski definition) is 4. The van der Waals surface area contributed by atoms with Gasteiger partial charge in [-0.05, 0) is 30.9 Å². The van der Waals surface area contributed by atoms with Gasteiger partial charge in [0.15, 0.2) is 17.3 Å². The molecule has 1 fully saturated rings. The van der Waals surface area contributed by atoms with Gasteiger partial charge < -0.3 is 11.1 Å². The van der Waals surface area contributed by atoms with Crippen LogP contribution in [-0.2, 0) is 4.79 Å². The molecule has 0 bridgehead atoms. The van der Waals surface area contributed by atoms with Crippen LogP contribution in [0.4, 0.5) is 20.2 Å². The molecule has 21 heavy (non-hydrogen) atoms. The second kappa shape index (κ2) is 5.72. The van der Waals surface area contributed by atoms with E-state index in [1.807, 2.05) is 0 Å². The Bertz CT molecular complexity index is 583. The van der Waals surface area contributed by atoms with Crippen LogP contribution in [-0.4, -0.2) is 17.4 Å². The van der Waals surface area contributed by atoms with Gasteiger partial charge in [0, 0.05) is 12.5 Å². The fourth-order valence-corrected chi connectivity index (χ4v) is 2.47. The average molecular weight is 299 g/mol. The first-order chi connectivity index (χ1) is 9.88. The summed E-state index contributed by atoms with van der Waals surface area (Å²) in [5, 5.41) is 12.9. The minimum absolute atomic E-state index is 0.0383. The number of anilines is 1. The summed E-state index contributed by atoms with van der Waals surface area (Å²) in [7, 11) is 0. The smallest absolute Gasteiger partial charge is 0.296 e. The Morgan fingerprint density at radius 3 is 2.57 bits per heavy atom. The Hall–Kier alpha value is -2.09. The van der Waals surface area contributed by atoms with Gasteiger partial charge >= 0.3 is 0 Å². The SMILES string of the molecule is NCC1(CC(=O)Nc2c([N+](=O)[O-])ccc(F)c2F)CCC1. The fourth-order valence-electron chi connectivity index (χ4n) is 2.47. The lowest BCUT2D eigenvalue weighted by Crippen LogP contribution is -2.40. The Balaban J connectivity index is 2.20. The van der Waals surface area contributed by atoms with Crippen LogP contribution in [0.25, 0.3) is 0 Å². The zero-order valence-electron chi connectivity index (χ0n) is 11.2. The molecular formula is C13H15F2N3O3. The Morgan fingerprint density at radius 2 is 2.10 bits per heavy atom. The Morgan fingerprint density at radius 1 is 1.43 bits per heavy atom. The van der Waals surface area contributed by atoms with E-state index in [9.17, 15) is 23.7 Å². The normalized spacial score (nSPS) is 16.1. The van der Waals surface area contributed by atoms with E-state index in [0.717, 1.165) is 25.3 Å². The van der Waals surface area contributed by atoms with Crippen molar-refractivity contribution < 1.29 is 18.5 Å². The van der Waals surface area contributed by atoms with Gasteiger partial charge in [-0.3, -0.25) is 14.9 Å². The molecule has 0 atom stereocenters. The lowest BCUT2D eigenvalue weighted by Gasteiger charge is -2.40. The minimum Gasteiger partial charge on any atom is -0.330 e. The van der Waals surface area contributed by atoms with Crippen molar-refractivity contribution in [2.75, 3.05) is 11.9 Å². The molecule has 6 nitrogen and oxygen atoms in total. The molecule has 1 saturated carbocycles. The zero-order chi connectivity index (χ0) is 15.6. The summed E-state index contributed by atoms with van der Waals surface area (Å²) in [6, 6.07) is 1.46. The molecule has 8 heteroatoms. The second-order valence-electron chi connectivity index (χ2n) is 5.30. The van der Waals surface area contributed by atoms with Crippen LogP contribution in [0.15, 0.2) is 12.1 Å². The number of nitrogens with zero attached hydrogens (tertiary/aromatic N) is 1. The third kappa shape index (κ3) is 2.99. The molecule has 114 valence electrons. The molecule has 0 radical (unpaired) electrons. The predicted octanol–water partition coefficient (Wildman–Crippen LogP) is 2.33. The molecule has 0 unspecified atom stereocenters. The van der Waals surface area contributed by atoms with E-state index < -0.39 is 33.8 Å². The summed E-state index contributed by atoms with van der Waals surface area (Å²) in [6.07, 6.45) is 2.56. The average Bonchev–Trinajstić information content (AvgIpc) is 2.39. The third-order valence-corrected chi connectivity index (χ3v) is 3.92. The Kier molecular flexibility index (Phi) is 4.17. The van der Waals surface area contributed by atoms with E-state index in [0.29, 0.717) is 12.6 Å². The van der Waals surface area contributed by atoms with Crippen LogP contribution in [0.5, 0.6) is 0 Å². The topological polar surface area (TPSA) is 98.3 Å². The number of nitro benzene ring substituents is 1. The number of nitro groups is 1. The maximum absolute atomic E-state index is 13.7. The number of benzene rings is 1. The van der Waals surface area contributed by atoms with Gasteiger partial charge in [-0.1, -0.05) is 6.42 Å². The van der Waals surface area contributed by atoms with Crippen molar-refractivity contribution in [3.63, 3.8) is 0 Å². The van der Waals surface area contributed by atoms with Crippen molar-refractivity contribution >= 4 is 17.3 Å². The van der Waals surface area contributed by atoms with Crippen LogP contribution < -0.4 is 11.1 Å². The molecule has 0 spiro atoms. The van der Waals surface area contributed by atoms with Gasteiger partial charge in [0.1, 0.15) is 0 Å². The lowest BCUT2D eigenvalue weighted by molar-refractivity contribution is -0.384. The number of nitrogens with two attached hydrogens (primary N) is 1. The summed E-state index contributed by atoms with van der Waals surface area (Å²) in [5.41, 5.74) is 3.87. The monoisotopic (exact) mass is 299 g/mol. The number of amides is 1. The van der Waals surface area contributed by atoms with Crippen molar-refractivity contribution in [1.29, 1.82) is 0 Å². The molecule has 1 aliphatic rings. The van der Waals surface area contributed by atoms with Gasteiger partial charge in [-0.25, -0.2) is 8.78 Å². The third-order valence-electron chi connectivity index (χ3n) is 3.92. The summed E-state index contributed by atoms with van der Waals surface area (Å²) in [5.74, 6) is -3.30. The van der Waals surface area contributed by atoms with Gasteiger partial charge in [0.05, 0.1) is 4.92 Å². The van der Waals surface area contributed by atoms with Crippen LogP contribution in [0, 0.1) is 27.2 Å². The van der Waals surface area contributed by atoms with E-state index in [2.05, 4.69) is 5.32 Å². The summed E-state index contributed by atoms with van der Waals surface area (Å²) in [4.78, 5) is 21.9. The van der Waals surface area contributed by atoms with Crippen molar-refractivity contribution in [3.05, 3.63) is 33.9 Å². The second-order valence-corrected chi connectivity index (χ2v) is 5.30. The molecule has 0 heterocycles. The highest BCUT2D eigenvalue weighted by molar-refractivity contribution is 5.93. The predicted molar refractivity (Wildman–Crippen MR) is 71.6 cm³/mol. The van der Waals surface area contributed by atoms with E-state index in [4.69, 9.17) is 5.73 Å².